The van der Waals surface area contributed by atoms with E-state index in [1.165, 1.54) is 12.3 Å². The Bertz CT molecular complexity index is 287. The molecule has 4 nitrogen and oxygen atoms in total. The summed E-state index contributed by atoms with van der Waals surface area (Å²) in [5.41, 5.74) is 0.177. The van der Waals surface area contributed by atoms with Crippen LogP contribution in [0.15, 0.2) is 18.3 Å². The number of aromatic carboxylic acids is 1. The van der Waals surface area contributed by atoms with Gasteiger partial charge in [-0.1, -0.05) is 0 Å². The fraction of sp³-hybridized carbons (Fsp3) is 0.250. The summed E-state index contributed by atoms with van der Waals surface area (Å²) in [7, 11) is 0. The molecular formula is C8H9ClN2O2. The summed E-state index contributed by atoms with van der Waals surface area (Å²) in [6, 6.07) is 3.10. The smallest absolute Gasteiger partial charge is 0.337 e. The number of carboxylic acids is 1. The Hall–Kier alpha value is -1.29. The van der Waals surface area contributed by atoms with E-state index in [2.05, 4.69) is 10.3 Å². The average molecular weight is 201 g/mol. The summed E-state index contributed by atoms with van der Waals surface area (Å²) in [6.45, 7) is 0.612. The number of nitrogens with one attached hydrogen (secondary N) is 1. The summed E-state index contributed by atoms with van der Waals surface area (Å²) in [5, 5.41) is 11.5. The van der Waals surface area contributed by atoms with Crippen molar-refractivity contribution in [2.45, 2.75) is 0 Å². The van der Waals surface area contributed by atoms with Gasteiger partial charge in [-0.15, -0.1) is 11.6 Å². The number of anilines is 1. The van der Waals surface area contributed by atoms with Crippen LogP contribution in [-0.4, -0.2) is 28.5 Å². The zero-order chi connectivity index (χ0) is 9.68. The Labute approximate surface area is 80.6 Å². The van der Waals surface area contributed by atoms with Crippen molar-refractivity contribution in [2.75, 3.05) is 17.7 Å². The van der Waals surface area contributed by atoms with E-state index < -0.39 is 5.97 Å². The van der Waals surface area contributed by atoms with Gasteiger partial charge in [0.1, 0.15) is 5.82 Å². The van der Waals surface area contributed by atoms with E-state index in [4.69, 9.17) is 16.7 Å². The van der Waals surface area contributed by atoms with Crippen LogP contribution in [0.3, 0.4) is 0 Å². The number of carboxylic acid groups (broad SMARTS) is 1. The predicted octanol–water partition coefficient (Wildman–Crippen LogP) is 1.43. The molecule has 0 atom stereocenters. The molecule has 0 aliphatic heterocycles. The minimum absolute atomic E-state index is 0.177. The molecule has 1 aromatic rings. The van der Waals surface area contributed by atoms with E-state index in [-0.39, 0.29) is 5.56 Å². The molecule has 0 spiro atoms. The number of hydrogen-bond acceptors (Lipinski definition) is 3. The van der Waals surface area contributed by atoms with Crippen molar-refractivity contribution in [3.63, 3.8) is 0 Å². The summed E-state index contributed by atoms with van der Waals surface area (Å²) in [6.07, 6.45) is 1.30. The fourth-order valence-electron chi connectivity index (χ4n) is 0.800. The van der Waals surface area contributed by atoms with Crippen LogP contribution >= 0.6 is 11.6 Å². The molecule has 0 bridgehead atoms. The van der Waals surface area contributed by atoms with Crippen LogP contribution in [0.4, 0.5) is 5.82 Å². The first-order valence-corrected chi connectivity index (χ1v) is 4.26. The van der Waals surface area contributed by atoms with Gasteiger partial charge in [-0.3, -0.25) is 0 Å². The number of pyridine rings is 1. The number of halogens is 1. The number of rotatable bonds is 4. The van der Waals surface area contributed by atoms with E-state index in [0.717, 1.165) is 0 Å². The van der Waals surface area contributed by atoms with Crippen LogP contribution in [0, 0.1) is 0 Å². The lowest BCUT2D eigenvalue weighted by molar-refractivity contribution is 0.0696. The second-order valence-electron chi connectivity index (χ2n) is 2.35. The number of hydrogen-bond donors (Lipinski definition) is 2. The van der Waals surface area contributed by atoms with Gasteiger partial charge in [0.05, 0.1) is 5.56 Å². The normalized spacial score (nSPS) is 9.62. The van der Waals surface area contributed by atoms with Crippen LogP contribution in [0.2, 0.25) is 0 Å². The maximum atomic E-state index is 10.4. The number of carbonyl (C=O) groups is 1. The van der Waals surface area contributed by atoms with Gasteiger partial charge in [0.2, 0.25) is 0 Å². The molecule has 0 aliphatic rings. The van der Waals surface area contributed by atoms with Crippen LogP contribution < -0.4 is 5.32 Å². The van der Waals surface area contributed by atoms with E-state index in [9.17, 15) is 4.79 Å². The van der Waals surface area contributed by atoms with Crippen molar-refractivity contribution in [3.8, 4) is 0 Å². The molecule has 1 aromatic heterocycles. The minimum atomic E-state index is -0.976. The van der Waals surface area contributed by atoms with Crippen molar-refractivity contribution in [1.82, 2.24) is 4.98 Å². The highest BCUT2D eigenvalue weighted by Crippen LogP contribution is 2.04. The van der Waals surface area contributed by atoms with Gasteiger partial charge in [0.25, 0.3) is 0 Å². The summed E-state index contributed by atoms with van der Waals surface area (Å²) >= 11 is 5.45. The van der Waals surface area contributed by atoms with Gasteiger partial charge in [0.15, 0.2) is 0 Å². The van der Waals surface area contributed by atoms with Gasteiger partial charge in [-0.05, 0) is 12.1 Å². The van der Waals surface area contributed by atoms with Crippen molar-refractivity contribution in [2.24, 2.45) is 0 Å². The Morgan fingerprint density at radius 2 is 2.38 bits per heavy atom. The fourth-order valence-corrected chi connectivity index (χ4v) is 0.895. The average Bonchev–Trinajstić information content (AvgIpc) is 2.15. The van der Waals surface area contributed by atoms with Crippen LogP contribution in [-0.2, 0) is 0 Å². The Morgan fingerprint density at radius 3 is 2.85 bits per heavy atom. The lowest BCUT2D eigenvalue weighted by Gasteiger charge is -2.02. The third-order valence-electron chi connectivity index (χ3n) is 1.41. The molecule has 0 amide bonds. The quantitative estimate of drug-likeness (QED) is 0.722. The van der Waals surface area contributed by atoms with Gasteiger partial charge in [-0.25, -0.2) is 9.78 Å². The summed E-state index contributed by atoms with van der Waals surface area (Å²) in [5.74, 6) is 0.143. The largest absolute Gasteiger partial charge is 0.478 e. The molecule has 0 radical (unpaired) electrons. The van der Waals surface area contributed by atoms with Crippen molar-refractivity contribution in [3.05, 3.63) is 23.9 Å². The van der Waals surface area contributed by atoms with Gasteiger partial charge >= 0.3 is 5.97 Å². The first kappa shape index (κ1) is 9.80. The van der Waals surface area contributed by atoms with Gasteiger partial charge < -0.3 is 10.4 Å². The van der Waals surface area contributed by atoms with Gasteiger partial charge in [-0.2, -0.15) is 0 Å². The van der Waals surface area contributed by atoms with Crippen molar-refractivity contribution >= 4 is 23.4 Å². The zero-order valence-electron chi connectivity index (χ0n) is 6.83. The second-order valence-corrected chi connectivity index (χ2v) is 2.73. The number of aromatic nitrogens is 1. The maximum Gasteiger partial charge on any atom is 0.337 e. The predicted molar refractivity (Wildman–Crippen MR) is 50.4 cm³/mol. The summed E-state index contributed by atoms with van der Waals surface area (Å²) in [4.78, 5) is 14.3. The van der Waals surface area contributed by atoms with E-state index in [1.54, 1.807) is 6.07 Å². The highest BCUT2D eigenvalue weighted by Gasteiger charge is 2.01. The molecule has 0 fully saturated rings. The highest BCUT2D eigenvalue weighted by atomic mass is 35.5. The maximum absolute atomic E-state index is 10.4. The molecule has 1 rings (SSSR count). The number of alkyl halides is 1. The van der Waals surface area contributed by atoms with Crippen LogP contribution in [0.5, 0.6) is 0 Å². The van der Waals surface area contributed by atoms with Gasteiger partial charge in [0, 0.05) is 18.6 Å². The molecule has 13 heavy (non-hydrogen) atoms. The molecule has 1 heterocycles. The first-order chi connectivity index (χ1) is 6.24. The van der Waals surface area contributed by atoms with Crippen molar-refractivity contribution < 1.29 is 9.90 Å². The second kappa shape index (κ2) is 4.67. The first-order valence-electron chi connectivity index (χ1n) is 3.73. The Kier molecular flexibility index (Phi) is 3.52. The zero-order valence-corrected chi connectivity index (χ0v) is 7.58. The van der Waals surface area contributed by atoms with E-state index in [0.29, 0.717) is 18.2 Å². The molecule has 5 heteroatoms. The Balaban J connectivity index is 2.64. The van der Waals surface area contributed by atoms with Crippen LogP contribution in [0.1, 0.15) is 10.4 Å². The molecular weight excluding hydrogens is 192 g/mol. The Morgan fingerprint density at radius 1 is 1.62 bits per heavy atom. The number of nitrogens with zero attached hydrogens (tertiary/aromatic N) is 1. The third-order valence-corrected chi connectivity index (χ3v) is 1.60. The molecule has 0 aliphatic carbocycles. The molecule has 0 saturated carbocycles. The highest BCUT2D eigenvalue weighted by molar-refractivity contribution is 6.18. The lowest BCUT2D eigenvalue weighted by atomic mass is 10.3. The molecule has 0 unspecified atom stereocenters. The van der Waals surface area contributed by atoms with E-state index >= 15 is 0 Å². The monoisotopic (exact) mass is 200 g/mol. The van der Waals surface area contributed by atoms with Crippen molar-refractivity contribution in [1.29, 1.82) is 0 Å². The standard InChI is InChI=1S/C8H9ClN2O2/c9-3-4-10-7-2-1-6(5-11-7)8(12)13/h1-2,5H,3-4H2,(H,10,11)(H,12,13). The van der Waals surface area contributed by atoms with Crippen LogP contribution in [0.25, 0.3) is 0 Å². The SMILES string of the molecule is O=C(O)c1ccc(NCCCl)nc1. The topological polar surface area (TPSA) is 62.2 Å². The molecule has 0 aromatic carbocycles. The molecule has 2 N–H and O–H groups in total. The minimum Gasteiger partial charge on any atom is -0.478 e. The molecule has 0 saturated heterocycles. The third kappa shape index (κ3) is 2.91. The summed E-state index contributed by atoms with van der Waals surface area (Å²) < 4.78 is 0. The van der Waals surface area contributed by atoms with E-state index in [1.807, 2.05) is 0 Å². The lowest BCUT2D eigenvalue weighted by Crippen LogP contribution is -2.05. The molecule has 70 valence electrons.